The van der Waals surface area contributed by atoms with Gasteiger partial charge < -0.3 is 9.87 Å². The highest BCUT2D eigenvalue weighted by molar-refractivity contribution is 5.87. The molecule has 4 heteroatoms. The summed E-state index contributed by atoms with van der Waals surface area (Å²) in [5.41, 5.74) is 1.79. The van der Waals surface area contributed by atoms with E-state index in [0.29, 0.717) is 0 Å². The molecule has 0 unspecified atom stereocenters. The van der Waals surface area contributed by atoms with Crippen LogP contribution < -0.4 is 0 Å². The van der Waals surface area contributed by atoms with Crippen LogP contribution in [0.25, 0.3) is 10.9 Å². The molecule has 2 rings (SSSR count). The van der Waals surface area contributed by atoms with Gasteiger partial charge in [0.05, 0.1) is 6.42 Å². The first-order chi connectivity index (χ1) is 6.81. The molecule has 1 aromatic carbocycles. The number of benzene rings is 1. The highest BCUT2D eigenvalue weighted by Crippen LogP contribution is 2.18. The molecular formula is C10H9NO3. The number of H-pyrrole nitrogens is 1. The first-order valence-corrected chi connectivity index (χ1v) is 4.20. The Labute approximate surface area is 80.1 Å². The minimum atomic E-state index is -0.658. The Hall–Kier alpha value is -1.81. The van der Waals surface area contributed by atoms with Crippen LogP contribution in [0.4, 0.5) is 0 Å². The van der Waals surface area contributed by atoms with E-state index in [4.69, 9.17) is 5.26 Å². The standard InChI is InChI=1S/C10H9NO3/c12-10(14-13)5-7-6-11-9-4-2-1-3-8(7)9/h1-4,6,11,13H,5H2. The second-order valence-corrected chi connectivity index (χ2v) is 3.00. The van der Waals surface area contributed by atoms with Gasteiger partial charge in [0.1, 0.15) is 0 Å². The van der Waals surface area contributed by atoms with Gasteiger partial charge in [0.2, 0.25) is 0 Å². The number of carbonyl (C=O) groups excluding carboxylic acids is 1. The molecule has 72 valence electrons. The van der Waals surface area contributed by atoms with Crippen LogP contribution in [0.15, 0.2) is 30.5 Å². The molecule has 0 aliphatic heterocycles. The Balaban J connectivity index is 2.38. The van der Waals surface area contributed by atoms with Crippen molar-refractivity contribution in [2.75, 3.05) is 0 Å². The van der Waals surface area contributed by atoms with Crippen molar-refractivity contribution in [2.45, 2.75) is 6.42 Å². The second kappa shape index (κ2) is 3.51. The molecule has 0 amide bonds. The number of rotatable bonds is 2. The van der Waals surface area contributed by atoms with Crippen molar-refractivity contribution < 1.29 is 14.9 Å². The molecule has 2 aromatic rings. The van der Waals surface area contributed by atoms with E-state index in [0.717, 1.165) is 16.5 Å². The van der Waals surface area contributed by atoms with Crippen molar-refractivity contribution in [2.24, 2.45) is 0 Å². The monoisotopic (exact) mass is 191 g/mol. The summed E-state index contributed by atoms with van der Waals surface area (Å²) in [5.74, 6) is -0.658. The predicted octanol–water partition coefficient (Wildman–Crippen LogP) is 1.73. The summed E-state index contributed by atoms with van der Waals surface area (Å²) in [7, 11) is 0. The van der Waals surface area contributed by atoms with Crippen molar-refractivity contribution >= 4 is 16.9 Å². The fraction of sp³-hybridized carbons (Fsp3) is 0.100. The van der Waals surface area contributed by atoms with Crippen molar-refractivity contribution in [3.05, 3.63) is 36.0 Å². The normalized spacial score (nSPS) is 10.4. The third kappa shape index (κ3) is 1.47. The zero-order chi connectivity index (χ0) is 9.97. The molecule has 0 saturated carbocycles. The van der Waals surface area contributed by atoms with Gasteiger partial charge in [-0.3, -0.25) is 0 Å². The summed E-state index contributed by atoms with van der Waals surface area (Å²) in [6.07, 6.45) is 1.81. The number of hydrogen-bond acceptors (Lipinski definition) is 3. The van der Waals surface area contributed by atoms with Crippen LogP contribution in [-0.2, 0) is 16.1 Å². The maximum absolute atomic E-state index is 10.8. The Morgan fingerprint density at radius 3 is 3.00 bits per heavy atom. The molecule has 4 nitrogen and oxygen atoms in total. The summed E-state index contributed by atoms with van der Waals surface area (Å²) in [4.78, 5) is 17.5. The van der Waals surface area contributed by atoms with E-state index in [2.05, 4.69) is 9.87 Å². The molecule has 2 N–H and O–H groups in total. The summed E-state index contributed by atoms with van der Waals surface area (Å²) in [6.45, 7) is 0. The van der Waals surface area contributed by atoms with Crippen LogP contribution in [0.3, 0.4) is 0 Å². The van der Waals surface area contributed by atoms with Crippen LogP contribution in [0.1, 0.15) is 5.56 Å². The number of aromatic amines is 1. The number of fused-ring (bicyclic) bond motifs is 1. The Morgan fingerprint density at radius 1 is 1.43 bits per heavy atom. The van der Waals surface area contributed by atoms with E-state index in [-0.39, 0.29) is 6.42 Å². The number of nitrogens with one attached hydrogen (secondary N) is 1. The van der Waals surface area contributed by atoms with Gasteiger partial charge >= 0.3 is 5.97 Å². The smallest absolute Gasteiger partial charge is 0.346 e. The molecule has 14 heavy (non-hydrogen) atoms. The molecule has 0 radical (unpaired) electrons. The van der Waals surface area contributed by atoms with E-state index in [9.17, 15) is 4.79 Å². The minimum Gasteiger partial charge on any atom is -0.361 e. The SMILES string of the molecule is O=C(Cc1c[nH]c2ccccc12)OO. The number of para-hydroxylation sites is 1. The summed E-state index contributed by atoms with van der Waals surface area (Å²) < 4.78 is 0. The van der Waals surface area contributed by atoms with Gasteiger partial charge in [0.15, 0.2) is 0 Å². The topological polar surface area (TPSA) is 62.3 Å². The van der Waals surface area contributed by atoms with Crippen molar-refractivity contribution in [3.8, 4) is 0 Å². The lowest BCUT2D eigenvalue weighted by atomic mass is 10.1. The Kier molecular flexibility index (Phi) is 2.20. The van der Waals surface area contributed by atoms with Crippen LogP contribution in [0.5, 0.6) is 0 Å². The molecule has 0 spiro atoms. The van der Waals surface area contributed by atoms with E-state index in [1.54, 1.807) is 6.20 Å². The van der Waals surface area contributed by atoms with Crippen molar-refractivity contribution in [3.63, 3.8) is 0 Å². The number of carbonyl (C=O) groups is 1. The van der Waals surface area contributed by atoms with E-state index < -0.39 is 5.97 Å². The highest BCUT2D eigenvalue weighted by Gasteiger charge is 2.08. The zero-order valence-corrected chi connectivity index (χ0v) is 7.36. The molecule has 1 heterocycles. The first-order valence-electron chi connectivity index (χ1n) is 4.20. The van der Waals surface area contributed by atoms with Crippen molar-refractivity contribution in [1.82, 2.24) is 4.98 Å². The average molecular weight is 191 g/mol. The summed E-state index contributed by atoms with van der Waals surface area (Å²) in [6, 6.07) is 7.63. The van der Waals surface area contributed by atoms with Gasteiger partial charge in [0, 0.05) is 17.1 Å². The fourth-order valence-corrected chi connectivity index (χ4v) is 1.47. The molecule has 1 aromatic heterocycles. The summed E-state index contributed by atoms with van der Waals surface area (Å²) >= 11 is 0. The largest absolute Gasteiger partial charge is 0.361 e. The maximum atomic E-state index is 10.8. The van der Waals surface area contributed by atoms with Gasteiger partial charge in [-0.15, -0.1) is 0 Å². The van der Waals surface area contributed by atoms with E-state index in [1.165, 1.54) is 0 Å². The minimum absolute atomic E-state index is 0.0700. The lowest BCUT2D eigenvalue weighted by Crippen LogP contribution is -2.04. The third-order valence-corrected chi connectivity index (χ3v) is 2.11. The molecule has 0 aliphatic rings. The van der Waals surface area contributed by atoms with Crippen LogP contribution in [0.2, 0.25) is 0 Å². The molecule has 0 fully saturated rings. The van der Waals surface area contributed by atoms with Crippen molar-refractivity contribution in [1.29, 1.82) is 0 Å². The number of hydrogen-bond donors (Lipinski definition) is 2. The second-order valence-electron chi connectivity index (χ2n) is 3.00. The predicted molar refractivity (Wildman–Crippen MR) is 50.7 cm³/mol. The van der Waals surface area contributed by atoms with E-state index in [1.807, 2.05) is 24.3 Å². The average Bonchev–Trinajstić information content (AvgIpc) is 2.62. The Bertz CT molecular complexity index is 461. The molecule has 0 bridgehead atoms. The highest BCUT2D eigenvalue weighted by atomic mass is 17.1. The third-order valence-electron chi connectivity index (χ3n) is 2.11. The lowest BCUT2D eigenvalue weighted by molar-refractivity contribution is -0.233. The molecule has 0 saturated heterocycles. The molecule has 0 aliphatic carbocycles. The van der Waals surface area contributed by atoms with Crippen LogP contribution in [0, 0.1) is 0 Å². The quantitative estimate of drug-likeness (QED) is 0.561. The Morgan fingerprint density at radius 2 is 2.21 bits per heavy atom. The zero-order valence-electron chi connectivity index (χ0n) is 7.36. The van der Waals surface area contributed by atoms with Gasteiger partial charge in [-0.25, -0.2) is 4.79 Å². The van der Waals surface area contributed by atoms with E-state index >= 15 is 0 Å². The first kappa shape index (κ1) is 8.77. The van der Waals surface area contributed by atoms with Gasteiger partial charge in [-0.2, -0.15) is 5.26 Å². The van der Waals surface area contributed by atoms with Gasteiger partial charge in [-0.05, 0) is 11.6 Å². The van der Waals surface area contributed by atoms with Crippen LogP contribution in [-0.4, -0.2) is 16.2 Å². The fourth-order valence-electron chi connectivity index (χ4n) is 1.47. The number of aromatic nitrogens is 1. The van der Waals surface area contributed by atoms with Gasteiger partial charge in [0.25, 0.3) is 0 Å². The van der Waals surface area contributed by atoms with Gasteiger partial charge in [-0.1, -0.05) is 18.2 Å². The lowest BCUT2D eigenvalue weighted by Gasteiger charge is -1.95. The molecular weight excluding hydrogens is 182 g/mol. The van der Waals surface area contributed by atoms with Crippen LogP contribution >= 0.6 is 0 Å². The summed E-state index contributed by atoms with van der Waals surface area (Å²) in [5, 5.41) is 9.12. The molecule has 0 atom stereocenters. The maximum Gasteiger partial charge on any atom is 0.346 e.